The van der Waals surface area contributed by atoms with Crippen molar-refractivity contribution in [2.45, 2.75) is 25.8 Å². The van der Waals surface area contributed by atoms with Gasteiger partial charge >= 0.3 is 0 Å². The molecule has 2 aliphatic heterocycles. The summed E-state index contributed by atoms with van der Waals surface area (Å²) in [6.07, 6.45) is 3.48. The lowest BCUT2D eigenvalue weighted by Crippen LogP contribution is -2.42. The van der Waals surface area contributed by atoms with E-state index in [4.69, 9.17) is 9.47 Å². The molecule has 0 aliphatic carbocycles. The van der Waals surface area contributed by atoms with Crippen LogP contribution in [0.5, 0.6) is 5.75 Å². The van der Waals surface area contributed by atoms with E-state index in [9.17, 15) is 4.79 Å². The Morgan fingerprint density at radius 2 is 1.92 bits per heavy atom. The highest BCUT2D eigenvalue weighted by molar-refractivity contribution is 5.77. The number of rotatable bonds is 5. The van der Waals surface area contributed by atoms with Crippen molar-refractivity contribution in [2.24, 2.45) is 5.41 Å². The summed E-state index contributed by atoms with van der Waals surface area (Å²) >= 11 is 0. The van der Waals surface area contributed by atoms with Gasteiger partial charge in [0.05, 0.1) is 7.11 Å². The zero-order chi connectivity index (χ0) is 17.0. The molecule has 0 N–H and O–H groups in total. The Balaban J connectivity index is 1.51. The summed E-state index contributed by atoms with van der Waals surface area (Å²) in [5.41, 5.74) is 1.63. The fourth-order valence-corrected chi connectivity index (χ4v) is 3.99. The molecule has 1 spiro atoms. The molecule has 2 aliphatic rings. The Labute approximate surface area is 144 Å². The first-order valence-electron chi connectivity index (χ1n) is 8.76. The summed E-state index contributed by atoms with van der Waals surface area (Å²) in [6.45, 7) is 5.17. The van der Waals surface area contributed by atoms with Crippen molar-refractivity contribution in [3.05, 3.63) is 29.8 Å². The second kappa shape index (κ2) is 7.53. The van der Waals surface area contributed by atoms with Gasteiger partial charge in [-0.05, 0) is 55.5 Å². The van der Waals surface area contributed by atoms with E-state index in [0.717, 1.165) is 44.9 Å². The predicted molar refractivity (Wildman–Crippen MR) is 93.0 cm³/mol. The Kier molecular flexibility index (Phi) is 5.41. The van der Waals surface area contributed by atoms with Crippen LogP contribution in [0.1, 0.15) is 24.8 Å². The van der Waals surface area contributed by atoms with Crippen molar-refractivity contribution in [2.75, 3.05) is 47.0 Å². The molecule has 1 aromatic rings. The van der Waals surface area contributed by atoms with Gasteiger partial charge in [-0.25, -0.2) is 0 Å². The summed E-state index contributed by atoms with van der Waals surface area (Å²) in [5.74, 6) is 1.05. The van der Waals surface area contributed by atoms with Gasteiger partial charge in [-0.1, -0.05) is 12.1 Å². The van der Waals surface area contributed by atoms with Crippen molar-refractivity contribution >= 4 is 5.91 Å². The molecule has 0 saturated carbocycles. The number of benzene rings is 1. The van der Waals surface area contributed by atoms with Crippen LogP contribution in [0.4, 0.5) is 0 Å². The summed E-state index contributed by atoms with van der Waals surface area (Å²) in [4.78, 5) is 16.5. The van der Waals surface area contributed by atoms with E-state index in [1.165, 1.54) is 18.4 Å². The average molecular weight is 332 g/mol. The Morgan fingerprint density at radius 1 is 1.17 bits per heavy atom. The third kappa shape index (κ3) is 3.90. The third-order valence-corrected chi connectivity index (χ3v) is 5.52. The molecule has 2 saturated heterocycles. The number of hydrogen-bond acceptors (Lipinski definition) is 4. The Morgan fingerprint density at radius 3 is 2.62 bits per heavy atom. The smallest absolute Gasteiger partial charge is 0.248 e. The van der Waals surface area contributed by atoms with Crippen LogP contribution < -0.4 is 4.74 Å². The lowest BCUT2D eigenvalue weighted by Gasteiger charge is -2.39. The number of nitrogens with zero attached hydrogens (tertiary/aromatic N) is 2. The molecular weight excluding hydrogens is 304 g/mol. The highest BCUT2D eigenvalue weighted by atomic mass is 16.5. The van der Waals surface area contributed by atoms with E-state index >= 15 is 0 Å². The van der Waals surface area contributed by atoms with Gasteiger partial charge in [0.2, 0.25) is 5.91 Å². The standard InChI is InChI=1S/C19H28N2O3/c1-23-14-18(22)21-11-8-19(15-21)6-9-20(10-7-19)13-16-4-3-5-17(12-16)24-2/h3-5,12H,6-11,13-15H2,1-2H3. The first kappa shape index (κ1) is 17.2. The molecule has 5 nitrogen and oxygen atoms in total. The maximum atomic E-state index is 12.0. The van der Waals surface area contributed by atoms with Gasteiger partial charge in [0.25, 0.3) is 0 Å². The van der Waals surface area contributed by atoms with Gasteiger partial charge < -0.3 is 14.4 Å². The number of methoxy groups -OCH3 is 2. The first-order valence-corrected chi connectivity index (χ1v) is 8.76. The fourth-order valence-electron chi connectivity index (χ4n) is 3.99. The molecular formula is C19H28N2O3. The van der Waals surface area contributed by atoms with Crippen molar-refractivity contribution in [3.63, 3.8) is 0 Å². The van der Waals surface area contributed by atoms with E-state index in [1.807, 2.05) is 11.0 Å². The van der Waals surface area contributed by atoms with E-state index in [2.05, 4.69) is 23.1 Å². The molecule has 132 valence electrons. The summed E-state index contributed by atoms with van der Waals surface area (Å²) in [7, 11) is 3.29. The van der Waals surface area contributed by atoms with Crippen molar-refractivity contribution in [1.29, 1.82) is 0 Å². The molecule has 1 aromatic carbocycles. The molecule has 5 heteroatoms. The lowest BCUT2D eigenvalue weighted by atomic mass is 9.77. The summed E-state index contributed by atoms with van der Waals surface area (Å²) in [5, 5.41) is 0. The van der Waals surface area contributed by atoms with Crippen LogP contribution in [0, 0.1) is 5.41 Å². The lowest BCUT2D eigenvalue weighted by molar-refractivity contribution is -0.134. The van der Waals surface area contributed by atoms with Crippen molar-refractivity contribution in [1.82, 2.24) is 9.80 Å². The number of carbonyl (C=O) groups is 1. The SMILES string of the molecule is COCC(=O)N1CCC2(CCN(Cc3cccc(OC)c3)CC2)C1. The number of piperidine rings is 1. The Hall–Kier alpha value is -1.59. The zero-order valence-corrected chi connectivity index (χ0v) is 14.8. The number of hydrogen-bond donors (Lipinski definition) is 0. The molecule has 3 rings (SSSR count). The second-order valence-corrected chi connectivity index (χ2v) is 7.13. The number of carbonyl (C=O) groups excluding carboxylic acids is 1. The topological polar surface area (TPSA) is 42.0 Å². The van der Waals surface area contributed by atoms with Crippen LogP contribution in [0.2, 0.25) is 0 Å². The van der Waals surface area contributed by atoms with E-state index < -0.39 is 0 Å². The molecule has 0 atom stereocenters. The monoisotopic (exact) mass is 332 g/mol. The molecule has 1 amide bonds. The number of likely N-dealkylation sites (tertiary alicyclic amines) is 2. The fraction of sp³-hybridized carbons (Fsp3) is 0.632. The molecule has 2 fully saturated rings. The van der Waals surface area contributed by atoms with Gasteiger partial charge in [-0.3, -0.25) is 9.69 Å². The number of amides is 1. The molecule has 2 heterocycles. The molecule has 0 radical (unpaired) electrons. The minimum Gasteiger partial charge on any atom is -0.497 e. The average Bonchev–Trinajstić information content (AvgIpc) is 3.02. The molecule has 0 aromatic heterocycles. The number of ether oxygens (including phenoxy) is 2. The molecule has 0 unspecified atom stereocenters. The maximum absolute atomic E-state index is 12.0. The summed E-state index contributed by atoms with van der Waals surface area (Å²) < 4.78 is 10.3. The highest BCUT2D eigenvalue weighted by Gasteiger charge is 2.41. The van der Waals surface area contributed by atoms with Crippen LogP contribution in [0.15, 0.2) is 24.3 Å². The third-order valence-electron chi connectivity index (χ3n) is 5.52. The Bertz CT molecular complexity index is 567. The maximum Gasteiger partial charge on any atom is 0.248 e. The van der Waals surface area contributed by atoms with Crippen molar-refractivity contribution in [3.8, 4) is 5.75 Å². The van der Waals surface area contributed by atoms with Gasteiger partial charge in [0.15, 0.2) is 0 Å². The van der Waals surface area contributed by atoms with Crippen LogP contribution in [0.25, 0.3) is 0 Å². The highest BCUT2D eigenvalue weighted by Crippen LogP contribution is 2.40. The normalized spacial score (nSPS) is 20.5. The van der Waals surface area contributed by atoms with E-state index in [1.54, 1.807) is 14.2 Å². The van der Waals surface area contributed by atoms with Gasteiger partial charge in [-0.15, -0.1) is 0 Å². The van der Waals surface area contributed by atoms with E-state index in [-0.39, 0.29) is 12.5 Å². The minimum atomic E-state index is 0.133. The van der Waals surface area contributed by atoms with Gasteiger partial charge in [0, 0.05) is 26.7 Å². The van der Waals surface area contributed by atoms with Gasteiger partial charge in [0.1, 0.15) is 12.4 Å². The quantitative estimate of drug-likeness (QED) is 0.829. The summed E-state index contributed by atoms with van der Waals surface area (Å²) in [6, 6.07) is 8.31. The second-order valence-electron chi connectivity index (χ2n) is 7.13. The van der Waals surface area contributed by atoms with Crippen LogP contribution in [-0.4, -0.2) is 62.7 Å². The predicted octanol–water partition coefficient (Wildman–Crippen LogP) is 2.16. The van der Waals surface area contributed by atoms with Crippen LogP contribution >= 0.6 is 0 Å². The molecule has 24 heavy (non-hydrogen) atoms. The van der Waals surface area contributed by atoms with Crippen molar-refractivity contribution < 1.29 is 14.3 Å². The van der Waals surface area contributed by atoms with E-state index in [0.29, 0.717) is 5.41 Å². The van der Waals surface area contributed by atoms with Crippen LogP contribution in [0.3, 0.4) is 0 Å². The molecule has 0 bridgehead atoms. The zero-order valence-electron chi connectivity index (χ0n) is 14.8. The largest absolute Gasteiger partial charge is 0.497 e. The minimum absolute atomic E-state index is 0.133. The van der Waals surface area contributed by atoms with Gasteiger partial charge in [-0.2, -0.15) is 0 Å². The first-order chi connectivity index (χ1) is 11.6. The van der Waals surface area contributed by atoms with Crippen LogP contribution in [-0.2, 0) is 16.1 Å².